The van der Waals surface area contributed by atoms with Gasteiger partial charge >= 0.3 is 10.2 Å². The zero-order valence-electron chi connectivity index (χ0n) is 7.51. The van der Waals surface area contributed by atoms with E-state index in [0.717, 1.165) is 0 Å². The lowest BCUT2D eigenvalue weighted by molar-refractivity contribution is 0.343. The van der Waals surface area contributed by atoms with Crippen LogP contribution >= 0.6 is 0 Å². The van der Waals surface area contributed by atoms with E-state index >= 15 is 0 Å². The van der Waals surface area contributed by atoms with Crippen LogP contribution in [-0.4, -0.2) is 20.7 Å². The lowest BCUT2D eigenvalue weighted by Crippen LogP contribution is -2.23. The molecule has 0 aliphatic carbocycles. The Morgan fingerprint density at radius 1 is 1.42 bits per heavy atom. The fourth-order valence-corrected chi connectivity index (χ4v) is 1.31. The first-order valence-electron chi connectivity index (χ1n) is 3.89. The molecule has 0 atom stereocenters. The number of hydrogen-bond acceptors (Lipinski definition) is 3. The molecule has 0 saturated carbocycles. The van der Waals surface area contributed by atoms with Crippen molar-refractivity contribution < 1.29 is 12.3 Å². The Hall–Kier alpha value is -0.160. The van der Waals surface area contributed by atoms with Crippen molar-refractivity contribution in [2.45, 2.75) is 26.7 Å². The molecule has 0 fully saturated rings. The molecule has 0 spiro atoms. The van der Waals surface area contributed by atoms with Gasteiger partial charge in [-0.2, -0.15) is 8.42 Å². The van der Waals surface area contributed by atoms with Crippen LogP contribution < -0.4 is 5.73 Å². The molecule has 0 aliphatic rings. The van der Waals surface area contributed by atoms with E-state index < -0.39 is 16.0 Å². The van der Waals surface area contributed by atoms with Crippen molar-refractivity contribution in [2.24, 2.45) is 11.1 Å². The van der Waals surface area contributed by atoms with Gasteiger partial charge in [0.05, 0.1) is 5.75 Å². The molecule has 0 rings (SSSR count). The third-order valence-corrected chi connectivity index (χ3v) is 2.57. The molecule has 0 aliphatic heterocycles. The third kappa shape index (κ3) is 6.54. The van der Waals surface area contributed by atoms with Crippen LogP contribution in [0.3, 0.4) is 0 Å². The Morgan fingerprint density at radius 2 is 1.92 bits per heavy atom. The highest BCUT2D eigenvalue weighted by Gasteiger charge is 2.16. The van der Waals surface area contributed by atoms with Crippen molar-refractivity contribution >= 4 is 10.2 Å². The fraction of sp³-hybridized carbons (Fsp3) is 1.00. The van der Waals surface area contributed by atoms with Crippen LogP contribution in [0.25, 0.3) is 0 Å². The van der Waals surface area contributed by atoms with Crippen molar-refractivity contribution in [3.63, 3.8) is 0 Å². The van der Waals surface area contributed by atoms with E-state index in [1.807, 2.05) is 13.8 Å². The van der Waals surface area contributed by atoms with Gasteiger partial charge in [0.25, 0.3) is 0 Å². The van der Waals surface area contributed by atoms with E-state index in [-0.39, 0.29) is 5.41 Å². The molecule has 0 amide bonds. The Labute approximate surface area is 73.4 Å². The van der Waals surface area contributed by atoms with Gasteiger partial charge < -0.3 is 5.73 Å². The molecule has 0 aromatic rings. The number of rotatable bonds is 5. The topological polar surface area (TPSA) is 60.2 Å². The summed E-state index contributed by atoms with van der Waals surface area (Å²) in [6.07, 6.45) is 0.968. The molecule has 2 N–H and O–H groups in total. The second-order valence-electron chi connectivity index (χ2n) is 3.71. The Kier molecular flexibility index (Phi) is 4.13. The van der Waals surface area contributed by atoms with E-state index in [4.69, 9.17) is 5.73 Å². The zero-order chi connectivity index (χ0) is 9.83. The standard InChI is InChI=1S/C7H16FNO2S/c1-7(2,6-9)4-3-5-12(8,10)11/h3-6,9H2,1-2H3. The van der Waals surface area contributed by atoms with Crippen molar-refractivity contribution in [1.82, 2.24) is 0 Å². The van der Waals surface area contributed by atoms with Crippen LogP contribution in [0.1, 0.15) is 26.7 Å². The largest absolute Gasteiger partial charge is 0.330 e. The van der Waals surface area contributed by atoms with Crippen LogP contribution in [0.4, 0.5) is 3.89 Å². The predicted molar refractivity (Wildman–Crippen MR) is 47.0 cm³/mol. The lowest BCUT2D eigenvalue weighted by Gasteiger charge is -2.21. The van der Waals surface area contributed by atoms with E-state index in [0.29, 0.717) is 19.4 Å². The van der Waals surface area contributed by atoms with E-state index in [9.17, 15) is 12.3 Å². The molecule has 0 unspecified atom stereocenters. The lowest BCUT2D eigenvalue weighted by atomic mass is 9.88. The third-order valence-electron chi connectivity index (χ3n) is 1.79. The summed E-state index contributed by atoms with van der Waals surface area (Å²) in [7, 11) is -4.30. The zero-order valence-corrected chi connectivity index (χ0v) is 8.32. The summed E-state index contributed by atoms with van der Waals surface area (Å²) in [5.41, 5.74) is 5.32. The number of nitrogens with two attached hydrogens (primary N) is 1. The highest BCUT2D eigenvalue weighted by atomic mass is 32.3. The predicted octanol–water partition coefficient (Wildman–Crippen LogP) is 1.05. The Bertz CT molecular complexity index is 224. The SMILES string of the molecule is CC(C)(CN)CCCS(=O)(=O)F. The molecule has 0 saturated heterocycles. The molecular weight excluding hydrogens is 181 g/mol. The highest BCUT2D eigenvalue weighted by Crippen LogP contribution is 2.20. The fourth-order valence-electron chi connectivity index (χ4n) is 0.825. The molecule has 5 heteroatoms. The summed E-state index contributed by atoms with van der Waals surface area (Å²) >= 11 is 0. The maximum atomic E-state index is 12.0. The normalized spacial score (nSPS) is 13.3. The monoisotopic (exact) mass is 197 g/mol. The maximum absolute atomic E-state index is 12.0. The molecule has 12 heavy (non-hydrogen) atoms. The average Bonchev–Trinajstić information content (AvgIpc) is 1.84. The Balaban J connectivity index is 3.72. The van der Waals surface area contributed by atoms with Gasteiger partial charge in [-0.15, -0.1) is 3.89 Å². The molecule has 0 aromatic heterocycles. The van der Waals surface area contributed by atoms with Gasteiger partial charge in [0.1, 0.15) is 0 Å². The van der Waals surface area contributed by atoms with Crippen molar-refractivity contribution in [3.8, 4) is 0 Å². The van der Waals surface area contributed by atoms with Crippen molar-refractivity contribution in [3.05, 3.63) is 0 Å². The first-order chi connectivity index (χ1) is 5.27. The summed E-state index contributed by atoms with van der Waals surface area (Å²) in [5, 5.41) is 0. The molecule has 0 aromatic carbocycles. The number of halogens is 1. The maximum Gasteiger partial charge on any atom is 0.302 e. The second kappa shape index (κ2) is 4.18. The second-order valence-corrected chi connectivity index (χ2v) is 5.20. The van der Waals surface area contributed by atoms with Crippen LogP contribution in [0.2, 0.25) is 0 Å². The molecule has 0 radical (unpaired) electrons. The molecule has 0 heterocycles. The molecule has 0 bridgehead atoms. The minimum atomic E-state index is -4.30. The van der Waals surface area contributed by atoms with Crippen molar-refractivity contribution in [2.75, 3.05) is 12.3 Å². The minimum Gasteiger partial charge on any atom is -0.330 e. The molecule has 74 valence electrons. The quantitative estimate of drug-likeness (QED) is 0.670. The van der Waals surface area contributed by atoms with Gasteiger partial charge in [0.2, 0.25) is 0 Å². The summed E-state index contributed by atoms with van der Waals surface area (Å²) in [4.78, 5) is 0. The Morgan fingerprint density at radius 3 is 2.25 bits per heavy atom. The van der Waals surface area contributed by atoms with Crippen LogP contribution in [0, 0.1) is 5.41 Å². The first-order valence-corrected chi connectivity index (χ1v) is 5.44. The van der Waals surface area contributed by atoms with Crippen LogP contribution in [-0.2, 0) is 10.2 Å². The average molecular weight is 197 g/mol. The molecular formula is C7H16FNO2S. The smallest absolute Gasteiger partial charge is 0.302 e. The van der Waals surface area contributed by atoms with Gasteiger partial charge in [-0.05, 0) is 24.8 Å². The first kappa shape index (κ1) is 11.8. The van der Waals surface area contributed by atoms with Crippen molar-refractivity contribution in [1.29, 1.82) is 0 Å². The summed E-state index contributed by atoms with van der Waals surface area (Å²) < 4.78 is 32.2. The molecule has 3 nitrogen and oxygen atoms in total. The van der Waals surface area contributed by atoms with Gasteiger partial charge in [-0.1, -0.05) is 13.8 Å². The van der Waals surface area contributed by atoms with Gasteiger partial charge in [-0.25, -0.2) is 0 Å². The van der Waals surface area contributed by atoms with E-state index in [1.54, 1.807) is 0 Å². The van der Waals surface area contributed by atoms with E-state index in [1.165, 1.54) is 0 Å². The highest BCUT2D eigenvalue weighted by molar-refractivity contribution is 7.86. The summed E-state index contributed by atoms with van der Waals surface area (Å²) in [6, 6.07) is 0. The minimum absolute atomic E-state index is 0.0926. The van der Waals surface area contributed by atoms with Crippen LogP contribution in [0.15, 0.2) is 0 Å². The van der Waals surface area contributed by atoms with Gasteiger partial charge in [0.15, 0.2) is 0 Å². The van der Waals surface area contributed by atoms with Gasteiger partial charge in [-0.3, -0.25) is 0 Å². The van der Waals surface area contributed by atoms with Crippen LogP contribution in [0.5, 0.6) is 0 Å². The van der Waals surface area contributed by atoms with Gasteiger partial charge in [0, 0.05) is 0 Å². The summed E-state index contributed by atoms with van der Waals surface area (Å²) in [6.45, 7) is 4.34. The number of hydrogen-bond donors (Lipinski definition) is 1. The van der Waals surface area contributed by atoms with E-state index in [2.05, 4.69) is 0 Å². The summed E-state index contributed by atoms with van der Waals surface area (Å²) in [5.74, 6) is -0.392.